The molecule has 2 aromatic carbocycles. The number of carbonyl (C=O) groups is 1. The van der Waals surface area contributed by atoms with Crippen molar-refractivity contribution in [2.45, 2.75) is 51.0 Å². The van der Waals surface area contributed by atoms with E-state index >= 15 is 0 Å². The molecule has 1 amide bonds. The van der Waals surface area contributed by atoms with Gasteiger partial charge in [-0.2, -0.15) is 0 Å². The van der Waals surface area contributed by atoms with Crippen molar-refractivity contribution in [3.63, 3.8) is 0 Å². The number of rotatable bonds is 6. The lowest BCUT2D eigenvalue weighted by Gasteiger charge is -2.22. The predicted molar refractivity (Wildman–Crippen MR) is 134 cm³/mol. The molecule has 5 heteroatoms. The summed E-state index contributed by atoms with van der Waals surface area (Å²) in [6, 6.07) is 22.5. The molecule has 4 aromatic rings. The normalized spacial score (nSPS) is 14.5. The number of hydrogen-bond acceptors (Lipinski definition) is 2. The Morgan fingerprint density at radius 3 is 2.48 bits per heavy atom. The summed E-state index contributed by atoms with van der Waals surface area (Å²) in [6.07, 6.45) is 9.04. The second-order valence-corrected chi connectivity index (χ2v) is 9.21. The Morgan fingerprint density at radius 2 is 1.70 bits per heavy atom. The van der Waals surface area contributed by atoms with E-state index in [0.717, 1.165) is 46.6 Å². The fraction of sp³-hybridized carbons (Fsp3) is 0.286. The van der Waals surface area contributed by atoms with Crippen LogP contribution in [0.15, 0.2) is 72.9 Å². The van der Waals surface area contributed by atoms with Crippen LogP contribution < -0.4 is 5.32 Å². The molecule has 1 fully saturated rings. The van der Waals surface area contributed by atoms with Crippen LogP contribution in [0.3, 0.4) is 0 Å². The SMILES string of the molecule is O=C(CCc1c(-c2ccccc2)nc2ccc(-c3ccccc3Cl)cn12)NC1CCCCC1. The van der Waals surface area contributed by atoms with Gasteiger partial charge >= 0.3 is 0 Å². The third-order valence-corrected chi connectivity index (χ3v) is 6.84. The first kappa shape index (κ1) is 21.7. The molecule has 168 valence electrons. The number of nitrogens with one attached hydrogen (secondary N) is 1. The van der Waals surface area contributed by atoms with Crippen LogP contribution in [0.2, 0.25) is 5.02 Å². The summed E-state index contributed by atoms with van der Waals surface area (Å²) in [6.45, 7) is 0. The highest BCUT2D eigenvalue weighted by molar-refractivity contribution is 6.33. The topological polar surface area (TPSA) is 46.4 Å². The molecule has 1 saturated carbocycles. The Hall–Kier alpha value is -3.11. The monoisotopic (exact) mass is 457 g/mol. The zero-order valence-corrected chi connectivity index (χ0v) is 19.4. The molecule has 5 rings (SSSR count). The molecule has 0 spiro atoms. The summed E-state index contributed by atoms with van der Waals surface area (Å²) < 4.78 is 2.12. The number of nitrogens with zero attached hydrogens (tertiary/aromatic N) is 2. The second kappa shape index (κ2) is 9.80. The number of aryl methyl sites for hydroxylation is 1. The minimum atomic E-state index is 0.123. The van der Waals surface area contributed by atoms with Gasteiger partial charge in [-0.1, -0.05) is 79.4 Å². The van der Waals surface area contributed by atoms with Crippen molar-refractivity contribution in [2.75, 3.05) is 0 Å². The summed E-state index contributed by atoms with van der Waals surface area (Å²) in [4.78, 5) is 17.7. The molecule has 1 aliphatic carbocycles. The summed E-state index contributed by atoms with van der Waals surface area (Å²) >= 11 is 6.47. The molecule has 0 unspecified atom stereocenters. The number of amides is 1. The maximum Gasteiger partial charge on any atom is 0.220 e. The van der Waals surface area contributed by atoms with Gasteiger partial charge in [0.25, 0.3) is 0 Å². The van der Waals surface area contributed by atoms with E-state index in [1.54, 1.807) is 0 Å². The van der Waals surface area contributed by atoms with Crippen molar-refractivity contribution < 1.29 is 4.79 Å². The molecule has 33 heavy (non-hydrogen) atoms. The van der Waals surface area contributed by atoms with Gasteiger partial charge in [-0.25, -0.2) is 4.98 Å². The smallest absolute Gasteiger partial charge is 0.220 e. The first-order valence-corrected chi connectivity index (χ1v) is 12.2. The number of carbonyl (C=O) groups excluding carboxylic acids is 1. The van der Waals surface area contributed by atoms with E-state index in [-0.39, 0.29) is 5.91 Å². The fourth-order valence-electron chi connectivity index (χ4n) is 4.79. The second-order valence-electron chi connectivity index (χ2n) is 8.80. The van der Waals surface area contributed by atoms with E-state index in [1.807, 2.05) is 48.5 Å². The third kappa shape index (κ3) is 4.81. The molecule has 4 nitrogen and oxygen atoms in total. The quantitative estimate of drug-likeness (QED) is 0.350. The largest absolute Gasteiger partial charge is 0.353 e. The van der Waals surface area contributed by atoms with Crippen molar-refractivity contribution in [3.05, 3.63) is 83.6 Å². The maximum absolute atomic E-state index is 12.8. The number of fused-ring (bicyclic) bond motifs is 1. The van der Waals surface area contributed by atoms with Crippen LogP contribution in [0.5, 0.6) is 0 Å². The van der Waals surface area contributed by atoms with Gasteiger partial charge in [0.1, 0.15) is 5.65 Å². The van der Waals surface area contributed by atoms with E-state index in [2.05, 4.69) is 34.1 Å². The number of halogens is 1. The first-order valence-electron chi connectivity index (χ1n) is 11.8. The Morgan fingerprint density at radius 1 is 0.939 bits per heavy atom. The van der Waals surface area contributed by atoms with Gasteiger partial charge in [0.15, 0.2) is 0 Å². The van der Waals surface area contributed by atoms with E-state index < -0.39 is 0 Å². The Kier molecular flexibility index (Phi) is 6.45. The molecule has 2 aromatic heterocycles. The number of aromatic nitrogens is 2. The summed E-state index contributed by atoms with van der Waals surface area (Å²) in [5.41, 5.74) is 5.91. The molecule has 1 aliphatic rings. The Labute approximate surface area is 199 Å². The van der Waals surface area contributed by atoms with Crippen LogP contribution in [-0.2, 0) is 11.2 Å². The zero-order chi connectivity index (χ0) is 22.6. The minimum absolute atomic E-state index is 0.123. The van der Waals surface area contributed by atoms with Gasteiger partial charge in [0.2, 0.25) is 5.91 Å². The van der Waals surface area contributed by atoms with Crippen molar-refractivity contribution in [1.82, 2.24) is 14.7 Å². The minimum Gasteiger partial charge on any atom is -0.353 e. The fourth-order valence-corrected chi connectivity index (χ4v) is 5.04. The highest BCUT2D eigenvalue weighted by Gasteiger charge is 2.19. The Bertz CT molecular complexity index is 1260. The maximum atomic E-state index is 12.8. The van der Waals surface area contributed by atoms with Crippen LogP contribution in [-0.4, -0.2) is 21.3 Å². The van der Waals surface area contributed by atoms with Crippen molar-refractivity contribution in [3.8, 4) is 22.4 Å². The molecule has 0 atom stereocenters. The van der Waals surface area contributed by atoms with Crippen LogP contribution >= 0.6 is 11.6 Å². The zero-order valence-electron chi connectivity index (χ0n) is 18.6. The lowest BCUT2D eigenvalue weighted by atomic mass is 9.95. The van der Waals surface area contributed by atoms with E-state index in [9.17, 15) is 4.79 Å². The predicted octanol–water partition coefficient (Wildman–Crippen LogP) is 6.70. The first-order chi connectivity index (χ1) is 16.2. The standard InChI is InChI=1S/C28H28ClN3O/c29-24-14-8-7-13-23(24)21-15-17-26-31-28(20-9-3-1-4-10-20)25(32(26)19-21)16-18-27(33)30-22-11-5-2-6-12-22/h1,3-4,7-10,13-15,17,19,22H,2,5-6,11-12,16,18H2,(H,30,33). The lowest BCUT2D eigenvalue weighted by molar-refractivity contribution is -0.122. The van der Waals surface area contributed by atoms with Crippen LogP contribution in [0.4, 0.5) is 0 Å². The van der Waals surface area contributed by atoms with Crippen molar-refractivity contribution in [1.29, 1.82) is 0 Å². The Balaban J connectivity index is 1.49. The molecular formula is C28H28ClN3O. The van der Waals surface area contributed by atoms with E-state index in [1.165, 1.54) is 19.3 Å². The average molecular weight is 458 g/mol. The number of pyridine rings is 1. The number of benzene rings is 2. The molecule has 0 saturated heterocycles. The molecule has 1 N–H and O–H groups in total. The highest BCUT2D eigenvalue weighted by atomic mass is 35.5. The summed E-state index contributed by atoms with van der Waals surface area (Å²) in [5, 5.41) is 3.96. The van der Waals surface area contributed by atoms with E-state index in [0.29, 0.717) is 23.9 Å². The van der Waals surface area contributed by atoms with Gasteiger partial charge in [-0.15, -0.1) is 0 Å². The molecular weight excluding hydrogens is 430 g/mol. The van der Waals surface area contributed by atoms with E-state index in [4.69, 9.17) is 16.6 Å². The van der Waals surface area contributed by atoms with Gasteiger partial charge in [-0.05, 0) is 43.0 Å². The van der Waals surface area contributed by atoms with Gasteiger partial charge in [-0.3, -0.25) is 4.79 Å². The third-order valence-electron chi connectivity index (χ3n) is 6.51. The highest BCUT2D eigenvalue weighted by Crippen LogP contribution is 2.31. The molecule has 0 radical (unpaired) electrons. The van der Waals surface area contributed by atoms with Crippen molar-refractivity contribution in [2.24, 2.45) is 0 Å². The van der Waals surface area contributed by atoms with Gasteiger partial charge in [0, 0.05) is 34.8 Å². The van der Waals surface area contributed by atoms with Gasteiger partial charge < -0.3 is 9.72 Å². The summed E-state index contributed by atoms with van der Waals surface area (Å²) in [7, 11) is 0. The average Bonchev–Trinajstić information content (AvgIpc) is 3.22. The summed E-state index contributed by atoms with van der Waals surface area (Å²) in [5.74, 6) is 0.123. The molecule has 0 aliphatic heterocycles. The van der Waals surface area contributed by atoms with Crippen molar-refractivity contribution >= 4 is 23.2 Å². The van der Waals surface area contributed by atoms with Crippen LogP contribution in [0, 0.1) is 0 Å². The lowest BCUT2D eigenvalue weighted by Crippen LogP contribution is -2.36. The van der Waals surface area contributed by atoms with Crippen LogP contribution in [0.1, 0.15) is 44.2 Å². The molecule has 0 bridgehead atoms. The number of imidazole rings is 1. The van der Waals surface area contributed by atoms with Crippen LogP contribution in [0.25, 0.3) is 28.0 Å². The number of hydrogen-bond donors (Lipinski definition) is 1. The molecule has 2 heterocycles. The van der Waals surface area contributed by atoms with Gasteiger partial charge in [0.05, 0.1) is 11.4 Å².